The van der Waals surface area contributed by atoms with E-state index in [2.05, 4.69) is 36.5 Å². The minimum Gasteiger partial charge on any atom is -0.373 e. The van der Waals surface area contributed by atoms with Gasteiger partial charge in [-0.2, -0.15) is 0 Å². The topological polar surface area (TPSA) is 49.8 Å². The van der Waals surface area contributed by atoms with Crippen LogP contribution in [-0.4, -0.2) is 17.0 Å². The van der Waals surface area contributed by atoms with Gasteiger partial charge in [-0.1, -0.05) is 27.5 Å². The lowest BCUT2D eigenvalue weighted by Crippen LogP contribution is -2.03. The molecule has 1 aromatic carbocycles. The van der Waals surface area contributed by atoms with Gasteiger partial charge in [0.15, 0.2) is 0 Å². The summed E-state index contributed by atoms with van der Waals surface area (Å²) in [6.45, 7) is 0. The maximum atomic E-state index is 6.22. The zero-order chi connectivity index (χ0) is 14.1. The number of hydrogen-bond donors (Lipinski definition) is 2. The van der Waals surface area contributed by atoms with Gasteiger partial charge in [0.1, 0.15) is 17.5 Å². The molecule has 0 bridgehead atoms. The molecule has 2 N–H and O–H groups in total. The highest BCUT2D eigenvalue weighted by molar-refractivity contribution is 9.10. The van der Waals surface area contributed by atoms with E-state index in [1.807, 2.05) is 31.3 Å². The first-order valence-electron chi connectivity index (χ1n) is 6.44. The van der Waals surface area contributed by atoms with E-state index in [1.54, 1.807) is 0 Å². The third-order valence-corrected chi connectivity index (χ3v) is 3.94. The van der Waals surface area contributed by atoms with Crippen molar-refractivity contribution in [1.82, 2.24) is 9.97 Å². The van der Waals surface area contributed by atoms with E-state index in [9.17, 15) is 0 Å². The van der Waals surface area contributed by atoms with Crippen LogP contribution in [0.15, 0.2) is 28.7 Å². The number of halogens is 2. The fourth-order valence-corrected chi connectivity index (χ4v) is 2.63. The smallest absolute Gasteiger partial charge is 0.136 e. The number of aromatic nitrogens is 2. The number of benzene rings is 1. The fourth-order valence-electron chi connectivity index (χ4n) is 1.91. The van der Waals surface area contributed by atoms with E-state index >= 15 is 0 Å². The first-order valence-corrected chi connectivity index (χ1v) is 7.61. The Morgan fingerprint density at radius 1 is 1.20 bits per heavy atom. The molecule has 0 atom stereocenters. The lowest BCUT2D eigenvalue weighted by Gasteiger charge is -2.11. The van der Waals surface area contributed by atoms with Gasteiger partial charge >= 0.3 is 0 Å². The molecule has 104 valence electrons. The zero-order valence-electron chi connectivity index (χ0n) is 11.0. The molecule has 20 heavy (non-hydrogen) atoms. The zero-order valence-corrected chi connectivity index (χ0v) is 13.3. The van der Waals surface area contributed by atoms with E-state index < -0.39 is 0 Å². The minimum atomic E-state index is 0.504. The van der Waals surface area contributed by atoms with Crippen molar-refractivity contribution in [1.29, 1.82) is 0 Å². The van der Waals surface area contributed by atoms with Gasteiger partial charge in [-0.3, -0.25) is 0 Å². The fraction of sp³-hybridized carbons (Fsp3) is 0.286. The maximum Gasteiger partial charge on any atom is 0.136 e. The Kier molecular flexibility index (Phi) is 3.81. The van der Waals surface area contributed by atoms with Crippen molar-refractivity contribution in [2.75, 3.05) is 17.7 Å². The second kappa shape index (κ2) is 5.58. The molecular formula is C14H14BrClN4. The molecule has 0 radical (unpaired) electrons. The molecule has 0 amide bonds. The number of nitrogens with zero attached hydrogens (tertiary/aromatic N) is 2. The Hall–Kier alpha value is -1.33. The van der Waals surface area contributed by atoms with Crippen molar-refractivity contribution in [3.8, 4) is 0 Å². The Bertz CT molecular complexity index is 643. The summed E-state index contributed by atoms with van der Waals surface area (Å²) >= 11 is 9.61. The molecule has 2 aromatic rings. The Labute approximate surface area is 131 Å². The molecular weight excluding hydrogens is 340 g/mol. The van der Waals surface area contributed by atoms with Crippen LogP contribution in [-0.2, 0) is 0 Å². The second-order valence-corrected chi connectivity index (χ2v) is 6.09. The molecule has 0 saturated heterocycles. The maximum absolute atomic E-state index is 6.22. The normalized spacial score (nSPS) is 14.2. The number of nitrogens with one attached hydrogen (secondary N) is 2. The number of anilines is 3. The number of hydrogen-bond acceptors (Lipinski definition) is 4. The molecule has 1 aliphatic rings. The van der Waals surface area contributed by atoms with E-state index in [0.717, 1.165) is 27.6 Å². The van der Waals surface area contributed by atoms with Gasteiger partial charge in [0.25, 0.3) is 0 Å². The van der Waals surface area contributed by atoms with Crippen molar-refractivity contribution in [3.05, 3.63) is 39.6 Å². The summed E-state index contributed by atoms with van der Waals surface area (Å²) in [4.78, 5) is 9.06. The molecule has 0 unspecified atom stereocenters. The molecule has 1 heterocycles. The van der Waals surface area contributed by atoms with E-state index in [1.165, 1.54) is 12.8 Å². The lowest BCUT2D eigenvalue weighted by molar-refractivity contribution is 0.932. The molecule has 0 spiro atoms. The average Bonchev–Trinajstić information content (AvgIpc) is 3.26. The Balaban J connectivity index is 1.91. The second-order valence-electron chi connectivity index (χ2n) is 4.77. The van der Waals surface area contributed by atoms with Crippen molar-refractivity contribution in [2.24, 2.45) is 0 Å². The van der Waals surface area contributed by atoms with Crippen molar-refractivity contribution >= 4 is 44.9 Å². The molecule has 3 rings (SSSR count). The van der Waals surface area contributed by atoms with Crippen molar-refractivity contribution in [2.45, 2.75) is 18.8 Å². The SMILES string of the molecule is CNc1cc(Nc2ccc(Br)cc2Cl)nc(C2CC2)n1. The highest BCUT2D eigenvalue weighted by Gasteiger charge is 2.27. The van der Waals surface area contributed by atoms with Gasteiger partial charge in [-0.05, 0) is 31.0 Å². The summed E-state index contributed by atoms with van der Waals surface area (Å²) in [6.07, 6.45) is 2.34. The Morgan fingerprint density at radius 2 is 1.95 bits per heavy atom. The summed E-state index contributed by atoms with van der Waals surface area (Å²) in [5, 5.41) is 6.97. The van der Waals surface area contributed by atoms with E-state index in [-0.39, 0.29) is 0 Å². The first-order chi connectivity index (χ1) is 9.65. The molecule has 0 aliphatic heterocycles. The Morgan fingerprint density at radius 3 is 2.60 bits per heavy atom. The van der Waals surface area contributed by atoms with Gasteiger partial charge in [-0.25, -0.2) is 9.97 Å². The van der Waals surface area contributed by atoms with Crippen LogP contribution in [0, 0.1) is 0 Å². The van der Waals surface area contributed by atoms with Gasteiger partial charge in [0.05, 0.1) is 10.7 Å². The molecule has 4 nitrogen and oxygen atoms in total. The van der Waals surface area contributed by atoms with Crippen LogP contribution in [0.5, 0.6) is 0 Å². The van der Waals surface area contributed by atoms with Crippen LogP contribution in [0.1, 0.15) is 24.6 Å². The predicted octanol–water partition coefficient (Wildman–Crippen LogP) is 4.56. The van der Waals surface area contributed by atoms with E-state index in [4.69, 9.17) is 11.6 Å². The molecule has 1 fully saturated rings. The van der Waals surface area contributed by atoms with Crippen molar-refractivity contribution in [3.63, 3.8) is 0 Å². The lowest BCUT2D eigenvalue weighted by atomic mass is 10.3. The summed E-state index contributed by atoms with van der Waals surface area (Å²) in [5.41, 5.74) is 0.831. The molecule has 1 saturated carbocycles. The third-order valence-electron chi connectivity index (χ3n) is 3.14. The van der Waals surface area contributed by atoms with Crippen LogP contribution >= 0.6 is 27.5 Å². The molecule has 6 heteroatoms. The minimum absolute atomic E-state index is 0.504. The van der Waals surface area contributed by atoms with Crippen LogP contribution in [0.4, 0.5) is 17.3 Å². The van der Waals surface area contributed by atoms with Crippen molar-refractivity contribution < 1.29 is 0 Å². The van der Waals surface area contributed by atoms with Gasteiger partial charge < -0.3 is 10.6 Å². The predicted molar refractivity (Wildman–Crippen MR) is 86.0 cm³/mol. The third kappa shape index (κ3) is 3.04. The van der Waals surface area contributed by atoms with Gasteiger partial charge in [-0.15, -0.1) is 0 Å². The quantitative estimate of drug-likeness (QED) is 0.846. The van der Waals surface area contributed by atoms with Crippen LogP contribution in [0.2, 0.25) is 5.02 Å². The molecule has 1 aromatic heterocycles. The average molecular weight is 354 g/mol. The largest absolute Gasteiger partial charge is 0.373 e. The van der Waals surface area contributed by atoms with E-state index in [0.29, 0.717) is 10.9 Å². The molecule has 1 aliphatic carbocycles. The summed E-state index contributed by atoms with van der Waals surface area (Å²) in [5.74, 6) is 2.98. The van der Waals surface area contributed by atoms with Gasteiger partial charge in [0.2, 0.25) is 0 Å². The first kappa shape index (κ1) is 13.6. The highest BCUT2D eigenvalue weighted by Crippen LogP contribution is 2.39. The van der Waals surface area contributed by atoms with Gasteiger partial charge in [0, 0.05) is 23.5 Å². The van der Waals surface area contributed by atoms with Crippen LogP contribution in [0.25, 0.3) is 0 Å². The summed E-state index contributed by atoms with van der Waals surface area (Å²) in [6, 6.07) is 7.59. The standard InChI is InChI=1S/C14H14BrClN4/c1-17-12-7-13(20-14(19-12)8-2-3-8)18-11-5-4-9(15)6-10(11)16/h4-8H,2-3H2,1H3,(H2,17,18,19,20). The summed E-state index contributed by atoms with van der Waals surface area (Å²) < 4.78 is 0.949. The van der Waals surface area contributed by atoms with Crippen LogP contribution in [0.3, 0.4) is 0 Å². The summed E-state index contributed by atoms with van der Waals surface area (Å²) in [7, 11) is 1.86. The van der Waals surface area contributed by atoms with Crippen LogP contribution < -0.4 is 10.6 Å². The highest BCUT2D eigenvalue weighted by atomic mass is 79.9. The monoisotopic (exact) mass is 352 g/mol. The number of rotatable bonds is 4.